The standard InChI is InChI=1S/C14H17NOS2/c1-4-15-10(2)8-12(11(15)3)13(16)9-18-14-6-5-7-17-14/h5-8H,4,9H2,1-3H3. The van der Waals surface area contributed by atoms with E-state index in [1.807, 2.05) is 24.4 Å². The van der Waals surface area contributed by atoms with Gasteiger partial charge in [0.05, 0.1) is 9.96 Å². The number of carbonyl (C=O) groups excluding carboxylic acids is 1. The highest BCUT2D eigenvalue weighted by Gasteiger charge is 2.15. The molecule has 0 aliphatic rings. The summed E-state index contributed by atoms with van der Waals surface area (Å²) in [6.45, 7) is 7.11. The molecule has 4 heteroatoms. The molecule has 18 heavy (non-hydrogen) atoms. The number of ketones is 1. The summed E-state index contributed by atoms with van der Waals surface area (Å²) in [6, 6.07) is 6.08. The van der Waals surface area contributed by atoms with Crippen LogP contribution in [-0.4, -0.2) is 16.1 Å². The van der Waals surface area contributed by atoms with Gasteiger partial charge in [0.1, 0.15) is 0 Å². The van der Waals surface area contributed by atoms with E-state index in [4.69, 9.17) is 0 Å². The molecule has 2 heterocycles. The SMILES string of the molecule is CCn1c(C)cc(C(=O)CSc2cccs2)c1C. The maximum absolute atomic E-state index is 12.2. The second kappa shape index (κ2) is 5.76. The van der Waals surface area contributed by atoms with E-state index in [1.165, 1.54) is 9.90 Å². The van der Waals surface area contributed by atoms with Crippen LogP contribution in [0, 0.1) is 13.8 Å². The lowest BCUT2D eigenvalue weighted by Crippen LogP contribution is -2.05. The van der Waals surface area contributed by atoms with Crippen LogP contribution in [0.2, 0.25) is 0 Å². The summed E-state index contributed by atoms with van der Waals surface area (Å²) >= 11 is 3.30. The van der Waals surface area contributed by atoms with Gasteiger partial charge >= 0.3 is 0 Å². The van der Waals surface area contributed by atoms with E-state index in [1.54, 1.807) is 23.1 Å². The maximum Gasteiger partial charge on any atom is 0.174 e. The zero-order chi connectivity index (χ0) is 13.1. The maximum atomic E-state index is 12.2. The van der Waals surface area contributed by atoms with E-state index in [2.05, 4.69) is 24.5 Å². The molecule has 0 bridgehead atoms. The zero-order valence-corrected chi connectivity index (χ0v) is 12.5. The fraction of sp³-hybridized carbons (Fsp3) is 0.357. The van der Waals surface area contributed by atoms with E-state index in [0.29, 0.717) is 5.75 Å². The number of aromatic nitrogens is 1. The van der Waals surface area contributed by atoms with E-state index in [9.17, 15) is 4.79 Å². The summed E-state index contributed by atoms with van der Waals surface area (Å²) in [4.78, 5) is 12.2. The largest absolute Gasteiger partial charge is 0.349 e. The van der Waals surface area contributed by atoms with Gasteiger partial charge in [0.15, 0.2) is 5.78 Å². The molecule has 2 nitrogen and oxygen atoms in total. The number of thiophene rings is 1. The molecule has 0 saturated carbocycles. The smallest absolute Gasteiger partial charge is 0.174 e. The number of hydrogen-bond acceptors (Lipinski definition) is 3. The number of Topliss-reactive ketones (excluding diaryl/α,β-unsaturated/α-hetero) is 1. The third-order valence-electron chi connectivity index (χ3n) is 3.03. The van der Waals surface area contributed by atoms with Crippen LogP contribution in [-0.2, 0) is 6.54 Å². The highest BCUT2D eigenvalue weighted by atomic mass is 32.2. The molecule has 0 fully saturated rings. The fourth-order valence-corrected chi connectivity index (χ4v) is 3.80. The summed E-state index contributed by atoms with van der Waals surface area (Å²) < 4.78 is 3.39. The van der Waals surface area contributed by atoms with Crippen molar-refractivity contribution in [2.45, 2.75) is 31.5 Å². The molecule has 0 amide bonds. The van der Waals surface area contributed by atoms with Crippen LogP contribution in [0.25, 0.3) is 0 Å². The van der Waals surface area contributed by atoms with Crippen molar-refractivity contribution in [1.29, 1.82) is 0 Å². The van der Waals surface area contributed by atoms with Crippen LogP contribution in [0.5, 0.6) is 0 Å². The molecule has 0 radical (unpaired) electrons. The molecule has 2 aromatic heterocycles. The molecular formula is C14H17NOS2. The first-order valence-electron chi connectivity index (χ1n) is 5.99. The highest BCUT2D eigenvalue weighted by Crippen LogP contribution is 2.25. The summed E-state index contributed by atoms with van der Waals surface area (Å²) in [5.74, 6) is 0.746. The Morgan fingerprint density at radius 1 is 1.44 bits per heavy atom. The van der Waals surface area contributed by atoms with Crippen LogP contribution in [0.3, 0.4) is 0 Å². The van der Waals surface area contributed by atoms with Gasteiger partial charge in [-0.05, 0) is 38.3 Å². The topological polar surface area (TPSA) is 22.0 Å². The average molecular weight is 279 g/mol. The Hall–Kier alpha value is -1.00. The molecule has 0 spiro atoms. The molecule has 0 saturated heterocycles. The van der Waals surface area contributed by atoms with Crippen molar-refractivity contribution in [3.8, 4) is 0 Å². The van der Waals surface area contributed by atoms with Gasteiger partial charge in [-0.15, -0.1) is 23.1 Å². The normalized spacial score (nSPS) is 10.8. The Kier molecular flexibility index (Phi) is 4.30. The average Bonchev–Trinajstić information content (AvgIpc) is 2.95. The van der Waals surface area contributed by atoms with Crippen LogP contribution in [0.1, 0.15) is 28.7 Å². The highest BCUT2D eigenvalue weighted by molar-refractivity contribution is 8.01. The van der Waals surface area contributed by atoms with Crippen molar-refractivity contribution in [3.05, 3.63) is 40.5 Å². The number of aryl methyl sites for hydroxylation is 1. The van der Waals surface area contributed by atoms with Crippen molar-refractivity contribution < 1.29 is 4.79 Å². The molecule has 0 N–H and O–H groups in total. The van der Waals surface area contributed by atoms with E-state index in [-0.39, 0.29) is 5.78 Å². The van der Waals surface area contributed by atoms with E-state index < -0.39 is 0 Å². The summed E-state index contributed by atoms with van der Waals surface area (Å²) in [5.41, 5.74) is 3.13. The van der Waals surface area contributed by atoms with Crippen molar-refractivity contribution in [2.75, 3.05) is 5.75 Å². The molecule has 2 rings (SSSR count). The van der Waals surface area contributed by atoms with Gasteiger partial charge in [0.25, 0.3) is 0 Å². The Bertz CT molecular complexity index is 540. The summed E-state index contributed by atoms with van der Waals surface area (Å²) in [6.07, 6.45) is 0. The number of thioether (sulfide) groups is 1. The van der Waals surface area contributed by atoms with Crippen molar-refractivity contribution in [2.24, 2.45) is 0 Å². The predicted octanol–water partition coefficient (Wildman–Crippen LogP) is 4.16. The quantitative estimate of drug-likeness (QED) is 0.605. The number of carbonyl (C=O) groups is 1. The van der Waals surface area contributed by atoms with E-state index in [0.717, 1.165) is 17.8 Å². The monoisotopic (exact) mass is 279 g/mol. The Balaban J connectivity index is 2.09. The van der Waals surface area contributed by atoms with Gasteiger partial charge in [-0.1, -0.05) is 6.07 Å². The van der Waals surface area contributed by atoms with Crippen LogP contribution in [0.15, 0.2) is 27.8 Å². The molecular weight excluding hydrogens is 262 g/mol. The Morgan fingerprint density at radius 2 is 2.22 bits per heavy atom. The fourth-order valence-electron chi connectivity index (χ4n) is 2.13. The minimum atomic E-state index is 0.223. The van der Waals surface area contributed by atoms with Gasteiger partial charge < -0.3 is 4.57 Å². The van der Waals surface area contributed by atoms with Gasteiger partial charge in [-0.25, -0.2) is 0 Å². The Morgan fingerprint density at radius 3 is 2.78 bits per heavy atom. The Labute approximate surface area is 116 Å². The minimum absolute atomic E-state index is 0.223. The van der Waals surface area contributed by atoms with Gasteiger partial charge in [-0.2, -0.15) is 0 Å². The van der Waals surface area contributed by atoms with Crippen molar-refractivity contribution >= 4 is 28.9 Å². The first kappa shape index (κ1) is 13.4. The third kappa shape index (κ3) is 2.70. The lowest BCUT2D eigenvalue weighted by molar-refractivity contribution is 0.102. The molecule has 0 atom stereocenters. The zero-order valence-electron chi connectivity index (χ0n) is 10.9. The summed E-state index contributed by atoms with van der Waals surface area (Å²) in [5, 5.41) is 2.04. The molecule has 0 aliphatic heterocycles. The molecule has 2 aromatic rings. The number of hydrogen-bond donors (Lipinski definition) is 0. The van der Waals surface area contributed by atoms with Crippen molar-refractivity contribution in [3.63, 3.8) is 0 Å². The lowest BCUT2D eigenvalue weighted by atomic mass is 10.2. The van der Waals surface area contributed by atoms with Gasteiger partial charge in [-0.3, -0.25) is 4.79 Å². The first-order chi connectivity index (χ1) is 8.63. The third-order valence-corrected chi connectivity index (χ3v) is 5.16. The predicted molar refractivity (Wildman–Crippen MR) is 79.0 cm³/mol. The van der Waals surface area contributed by atoms with Crippen molar-refractivity contribution in [1.82, 2.24) is 4.57 Å². The lowest BCUT2D eigenvalue weighted by Gasteiger charge is -2.05. The van der Waals surface area contributed by atoms with Crippen LogP contribution < -0.4 is 0 Å². The van der Waals surface area contributed by atoms with Crippen LogP contribution in [0.4, 0.5) is 0 Å². The molecule has 0 unspecified atom stereocenters. The van der Waals surface area contributed by atoms with Gasteiger partial charge in [0.2, 0.25) is 0 Å². The number of rotatable bonds is 5. The second-order valence-corrected chi connectivity index (χ2v) is 6.40. The van der Waals surface area contributed by atoms with Gasteiger partial charge in [0, 0.05) is 23.5 Å². The molecule has 0 aromatic carbocycles. The molecule has 96 valence electrons. The number of nitrogens with zero attached hydrogens (tertiary/aromatic N) is 1. The second-order valence-electron chi connectivity index (χ2n) is 4.17. The van der Waals surface area contributed by atoms with E-state index >= 15 is 0 Å². The minimum Gasteiger partial charge on any atom is -0.349 e. The first-order valence-corrected chi connectivity index (χ1v) is 7.86. The summed E-state index contributed by atoms with van der Waals surface area (Å²) in [7, 11) is 0. The van der Waals surface area contributed by atoms with Crippen LogP contribution >= 0.6 is 23.1 Å². The molecule has 0 aliphatic carbocycles.